The van der Waals surface area contributed by atoms with Crippen molar-refractivity contribution in [3.63, 3.8) is 0 Å². The van der Waals surface area contributed by atoms with Gasteiger partial charge in [-0.15, -0.1) is 0 Å². The molecule has 4 nitrogen and oxygen atoms in total. The smallest absolute Gasteiger partial charge is 0.291 e. The van der Waals surface area contributed by atoms with Crippen molar-refractivity contribution in [2.24, 2.45) is 0 Å². The minimum atomic E-state index is -0.313. The van der Waals surface area contributed by atoms with Crippen LogP contribution in [0.2, 0.25) is 5.02 Å². The first-order valence-electron chi connectivity index (χ1n) is 9.11. The van der Waals surface area contributed by atoms with Gasteiger partial charge in [-0.2, -0.15) is 0 Å². The van der Waals surface area contributed by atoms with E-state index in [1.165, 1.54) is 0 Å². The lowest BCUT2D eigenvalue weighted by Gasteiger charge is -2.06. The molecule has 0 saturated heterocycles. The van der Waals surface area contributed by atoms with Gasteiger partial charge in [-0.25, -0.2) is 0 Å². The number of carbonyl (C=O) groups is 1. The lowest BCUT2D eigenvalue weighted by molar-refractivity contribution is 0.0992. The molecule has 1 aromatic heterocycles. The molecule has 1 amide bonds. The Hall–Kier alpha value is -3.50. The van der Waals surface area contributed by atoms with Crippen molar-refractivity contribution in [3.8, 4) is 16.9 Å². The van der Waals surface area contributed by atoms with Gasteiger partial charge in [0.25, 0.3) is 5.91 Å². The second-order valence-electron chi connectivity index (χ2n) is 6.41. The van der Waals surface area contributed by atoms with Gasteiger partial charge in [0.15, 0.2) is 5.76 Å². The molecule has 1 heterocycles. The molecule has 144 valence electrons. The molecule has 0 aliphatic rings. The Morgan fingerprint density at radius 1 is 0.862 bits per heavy atom. The molecule has 5 heteroatoms. The molecule has 0 bridgehead atoms. The molecule has 0 spiro atoms. The zero-order valence-corrected chi connectivity index (χ0v) is 16.2. The van der Waals surface area contributed by atoms with Crippen LogP contribution in [0.5, 0.6) is 5.75 Å². The molecule has 3 aromatic carbocycles. The van der Waals surface area contributed by atoms with E-state index in [0.29, 0.717) is 22.2 Å². The highest BCUT2D eigenvalue weighted by molar-refractivity contribution is 6.30. The molecule has 0 radical (unpaired) electrons. The molecular weight excluding hydrogens is 386 g/mol. The van der Waals surface area contributed by atoms with Crippen LogP contribution in [0.25, 0.3) is 11.1 Å². The van der Waals surface area contributed by atoms with Gasteiger partial charge in [0.05, 0.1) is 0 Å². The van der Waals surface area contributed by atoms with Gasteiger partial charge in [-0.1, -0.05) is 60.1 Å². The summed E-state index contributed by atoms with van der Waals surface area (Å²) in [5.41, 5.74) is 2.91. The van der Waals surface area contributed by atoms with Crippen LogP contribution in [0.3, 0.4) is 0 Å². The maximum atomic E-state index is 12.4. The van der Waals surface area contributed by atoms with Crippen molar-refractivity contribution in [2.75, 3.05) is 5.32 Å². The van der Waals surface area contributed by atoms with Gasteiger partial charge in [-0.05, 0) is 53.6 Å². The average Bonchev–Trinajstić information content (AvgIpc) is 3.23. The summed E-state index contributed by atoms with van der Waals surface area (Å²) in [5, 5.41) is 3.44. The first-order valence-corrected chi connectivity index (χ1v) is 9.49. The van der Waals surface area contributed by atoms with Crippen molar-refractivity contribution in [3.05, 3.63) is 108 Å². The Bertz CT molecular complexity index is 1100. The van der Waals surface area contributed by atoms with Gasteiger partial charge in [0.2, 0.25) is 0 Å². The minimum Gasteiger partial charge on any atom is -0.486 e. The third-order valence-corrected chi connectivity index (χ3v) is 4.55. The number of nitrogens with one attached hydrogen (secondary N) is 1. The van der Waals surface area contributed by atoms with Crippen molar-refractivity contribution >= 4 is 23.2 Å². The predicted octanol–water partition coefficient (Wildman–Crippen LogP) is 6.43. The number of hydrogen-bond donors (Lipinski definition) is 1. The van der Waals surface area contributed by atoms with Gasteiger partial charge in [0.1, 0.15) is 18.1 Å². The van der Waals surface area contributed by atoms with E-state index in [1.54, 1.807) is 24.3 Å². The highest BCUT2D eigenvalue weighted by Gasteiger charge is 2.12. The Morgan fingerprint density at radius 3 is 2.38 bits per heavy atom. The monoisotopic (exact) mass is 403 g/mol. The molecule has 0 unspecified atom stereocenters. The van der Waals surface area contributed by atoms with E-state index < -0.39 is 0 Å². The van der Waals surface area contributed by atoms with E-state index in [9.17, 15) is 4.79 Å². The van der Waals surface area contributed by atoms with Crippen molar-refractivity contribution in [1.82, 2.24) is 0 Å². The normalized spacial score (nSPS) is 10.5. The zero-order chi connectivity index (χ0) is 20.1. The van der Waals surface area contributed by atoms with Crippen LogP contribution in [0.1, 0.15) is 16.3 Å². The van der Waals surface area contributed by atoms with E-state index >= 15 is 0 Å². The highest BCUT2D eigenvalue weighted by atomic mass is 35.5. The standard InChI is InChI=1S/C24H18ClNO3/c25-19-7-4-8-21(15-19)28-16-22-13-14-23(29-22)24(27)26-20-11-9-18(10-12-20)17-5-2-1-3-6-17/h1-15H,16H2,(H,26,27). The van der Waals surface area contributed by atoms with Crippen LogP contribution in [0.15, 0.2) is 95.4 Å². The third kappa shape index (κ3) is 4.86. The van der Waals surface area contributed by atoms with Crippen LogP contribution in [0.4, 0.5) is 5.69 Å². The predicted molar refractivity (Wildman–Crippen MR) is 114 cm³/mol. The summed E-state index contributed by atoms with van der Waals surface area (Å²) < 4.78 is 11.2. The van der Waals surface area contributed by atoms with E-state index in [2.05, 4.69) is 5.32 Å². The summed E-state index contributed by atoms with van der Waals surface area (Å²) in [6, 6.07) is 28.2. The lowest BCUT2D eigenvalue weighted by Crippen LogP contribution is -2.10. The van der Waals surface area contributed by atoms with Crippen LogP contribution in [-0.4, -0.2) is 5.91 Å². The van der Waals surface area contributed by atoms with E-state index in [0.717, 1.165) is 11.1 Å². The molecule has 1 N–H and O–H groups in total. The summed E-state index contributed by atoms with van der Waals surface area (Å²) in [4.78, 5) is 12.4. The molecule has 0 saturated carbocycles. The molecule has 0 atom stereocenters. The third-order valence-electron chi connectivity index (χ3n) is 4.31. The minimum absolute atomic E-state index is 0.208. The fraction of sp³-hybridized carbons (Fsp3) is 0.0417. The first kappa shape index (κ1) is 18.8. The Balaban J connectivity index is 1.36. The van der Waals surface area contributed by atoms with Crippen LogP contribution < -0.4 is 10.1 Å². The van der Waals surface area contributed by atoms with Crippen LogP contribution in [0, 0.1) is 0 Å². The molecule has 0 aliphatic carbocycles. The topological polar surface area (TPSA) is 51.5 Å². The summed E-state index contributed by atoms with van der Waals surface area (Å²) in [6.07, 6.45) is 0. The van der Waals surface area contributed by atoms with E-state index in [4.69, 9.17) is 20.8 Å². The molecule has 0 fully saturated rings. The van der Waals surface area contributed by atoms with Gasteiger partial charge >= 0.3 is 0 Å². The fourth-order valence-corrected chi connectivity index (χ4v) is 3.04. The fourth-order valence-electron chi connectivity index (χ4n) is 2.86. The number of amides is 1. The van der Waals surface area contributed by atoms with Crippen LogP contribution >= 0.6 is 11.6 Å². The Morgan fingerprint density at radius 2 is 1.62 bits per heavy atom. The average molecular weight is 404 g/mol. The van der Waals surface area contributed by atoms with E-state index in [1.807, 2.05) is 66.7 Å². The number of carbonyl (C=O) groups excluding carboxylic acids is 1. The number of benzene rings is 3. The maximum absolute atomic E-state index is 12.4. The number of rotatable bonds is 6. The molecule has 29 heavy (non-hydrogen) atoms. The summed E-state index contributed by atoms with van der Waals surface area (Å²) in [7, 11) is 0. The highest BCUT2D eigenvalue weighted by Crippen LogP contribution is 2.22. The SMILES string of the molecule is O=C(Nc1ccc(-c2ccccc2)cc1)c1ccc(COc2cccc(Cl)c2)o1. The van der Waals surface area contributed by atoms with Crippen LogP contribution in [-0.2, 0) is 6.61 Å². The molecular formula is C24H18ClNO3. The first-order chi connectivity index (χ1) is 14.2. The maximum Gasteiger partial charge on any atom is 0.291 e. The van der Waals surface area contributed by atoms with Gasteiger partial charge in [0, 0.05) is 10.7 Å². The Kier molecular flexibility index (Phi) is 5.63. The summed E-state index contributed by atoms with van der Waals surface area (Å²) >= 11 is 5.94. The van der Waals surface area contributed by atoms with Gasteiger partial charge < -0.3 is 14.5 Å². The quantitative estimate of drug-likeness (QED) is 0.403. The second-order valence-corrected chi connectivity index (χ2v) is 6.85. The number of anilines is 1. The van der Waals surface area contributed by atoms with Crippen molar-refractivity contribution in [1.29, 1.82) is 0 Å². The number of halogens is 1. The number of ether oxygens (including phenoxy) is 1. The molecule has 4 aromatic rings. The molecule has 4 rings (SSSR count). The lowest BCUT2D eigenvalue weighted by atomic mass is 10.1. The van der Waals surface area contributed by atoms with Gasteiger partial charge in [-0.3, -0.25) is 4.79 Å². The van der Waals surface area contributed by atoms with E-state index in [-0.39, 0.29) is 18.3 Å². The van der Waals surface area contributed by atoms with Crippen molar-refractivity contribution in [2.45, 2.75) is 6.61 Å². The number of hydrogen-bond acceptors (Lipinski definition) is 3. The second kappa shape index (κ2) is 8.67. The zero-order valence-electron chi connectivity index (χ0n) is 15.5. The largest absolute Gasteiger partial charge is 0.486 e. The Labute approximate surface area is 173 Å². The summed E-state index contributed by atoms with van der Waals surface area (Å²) in [5.74, 6) is 1.10. The number of furan rings is 1. The van der Waals surface area contributed by atoms with Crippen molar-refractivity contribution < 1.29 is 13.9 Å². The molecule has 0 aliphatic heterocycles. The summed E-state index contributed by atoms with van der Waals surface area (Å²) in [6.45, 7) is 0.208.